The number of pyridine rings is 1. The Hall–Kier alpha value is -3.68. The van der Waals surface area contributed by atoms with Crippen molar-refractivity contribution in [2.45, 2.75) is 0 Å². The molecule has 0 saturated carbocycles. The van der Waals surface area contributed by atoms with Crippen LogP contribution in [0, 0.1) is 5.82 Å². The lowest BCUT2D eigenvalue weighted by molar-refractivity contribution is 0.102. The fraction of sp³-hybridized carbons (Fsp3) is 0. The second-order valence-electron chi connectivity index (χ2n) is 5.25. The van der Waals surface area contributed by atoms with Crippen LogP contribution in [0.3, 0.4) is 0 Å². The van der Waals surface area contributed by atoms with Crippen molar-refractivity contribution in [2.75, 3.05) is 5.32 Å². The second-order valence-corrected chi connectivity index (χ2v) is 5.25. The van der Waals surface area contributed by atoms with Gasteiger partial charge in [-0.25, -0.2) is 4.39 Å². The van der Waals surface area contributed by atoms with Crippen LogP contribution in [0.25, 0.3) is 16.6 Å². The Labute approximate surface area is 141 Å². The minimum absolute atomic E-state index is 0.155. The van der Waals surface area contributed by atoms with Gasteiger partial charge in [0.1, 0.15) is 12.1 Å². The highest BCUT2D eigenvalue weighted by molar-refractivity contribution is 6.12. The number of hydrogen-bond donors (Lipinski definition) is 1. The van der Waals surface area contributed by atoms with Gasteiger partial charge >= 0.3 is 0 Å². The molecule has 2 aromatic carbocycles. The van der Waals surface area contributed by atoms with Gasteiger partial charge in [0.2, 0.25) is 0 Å². The third-order valence-corrected chi connectivity index (χ3v) is 3.66. The van der Waals surface area contributed by atoms with Gasteiger partial charge in [0.05, 0.1) is 22.5 Å². The van der Waals surface area contributed by atoms with E-state index in [2.05, 4.69) is 25.8 Å². The minimum atomic E-state index is -0.501. The highest BCUT2D eigenvalue weighted by atomic mass is 19.1. The molecule has 7 nitrogen and oxygen atoms in total. The average Bonchev–Trinajstić information content (AvgIpc) is 3.16. The van der Waals surface area contributed by atoms with Crippen molar-refractivity contribution in [1.82, 2.24) is 25.2 Å². The molecule has 4 rings (SSSR count). The number of carbonyl (C=O) groups is 1. The topological polar surface area (TPSA) is 85.6 Å². The summed E-state index contributed by atoms with van der Waals surface area (Å²) in [6.45, 7) is 0. The predicted molar refractivity (Wildman–Crippen MR) is 88.8 cm³/mol. The first-order valence-electron chi connectivity index (χ1n) is 7.40. The van der Waals surface area contributed by atoms with Gasteiger partial charge in [0.25, 0.3) is 5.91 Å². The second kappa shape index (κ2) is 6.08. The maximum Gasteiger partial charge on any atom is 0.258 e. The quantitative estimate of drug-likeness (QED) is 0.622. The molecule has 2 heterocycles. The van der Waals surface area contributed by atoms with Gasteiger partial charge in [0.15, 0.2) is 0 Å². The Morgan fingerprint density at radius 2 is 2.00 bits per heavy atom. The number of tetrazole rings is 1. The maximum absolute atomic E-state index is 13.9. The molecule has 0 aliphatic heterocycles. The normalized spacial score (nSPS) is 10.8. The van der Waals surface area contributed by atoms with Crippen LogP contribution < -0.4 is 5.32 Å². The standard InChI is InChI=1S/C17H11FN6O/c18-12-8-11-4-3-7-19-16(11)13(9-12)17(25)21-14-5-1-2-6-15(14)24-10-20-22-23-24/h1-10H,(H,21,25). The minimum Gasteiger partial charge on any atom is -0.320 e. The molecular weight excluding hydrogens is 323 g/mol. The largest absolute Gasteiger partial charge is 0.320 e. The van der Waals surface area contributed by atoms with E-state index in [9.17, 15) is 9.18 Å². The molecule has 122 valence electrons. The molecular formula is C17H11FN6O. The summed E-state index contributed by atoms with van der Waals surface area (Å²) in [6.07, 6.45) is 2.98. The molecule has 0 bridgehead atoms. The van der Waals surface area contributed by atoms with Crippen molar-refractivity contribution in [1.29, 1.82) is 0 Å². The van der Waals surface area contributed by atoms with E-state index in [0.717, 1.165) is 0 Å². The third kappa shape index (κ3) is 2.80. The van der Waals surface area contributed by atoms with Crippen LogP contribution in [0.15, 0.2) is 61.1 Å². The molecule has 0 spiro atoms. The van der Waals surface area contributed by atoms with Gasteiger partial charge in [-0.1, -0.05) is 18.2 Å². The summed E-state index contributed by atoms with van der Waals surface area (Å²) in [6, 6.07) is 12.9. The molecule has 0 atom stereocenters. The summed E-state index contributed by atoms with van der Waals surface area (Å²) in [5, 5.41) is 14.3. The van der Waals surface area contributed by atoms with E-state index in [-0.39, 0.29) is 5.56 Å². The van der Waals surface area contributed by atoms with Crippen molar-refractivity contribution >= 4 is 22.5 Å². The Bertz CT molecular complexity index is 1060. The van der Waals surface area contributed by atoms with Crippen LogP contribution in [0.1, 0.15) is 10.4 Å². The van der Waals surface area contributed by atoms with Gasteiger partial charge < -0.3 is 5.32 Å². The molecule has 0 aliphatic rings. The van der Waals surface area contributed by atoms with Crippen LogP contribution in [0.2, 0.25) is 0 Å². The fourth-order valence-electron chi connectivity index (χ4n) is 2.57. The van der Waals surface area contributed by atoms with E-state index >= 15 is 0 Å². The Balaban J connectivity index is 1.75. The number of rotatable bonds is 3. The van der Waals surface area contributed by atoms with Crippen molar-refractivity contribution in [2.24, 2.45) is 0 Å². The van der Waals surface area contributed by atoms with Gasteiger partial charge in [-0.15, -0.1) is 5.10 Å². The number of anilines is 1. The number of para-hydroxylation sites is 2. The summed E-state index contributed by atoms with van der Waals surface area (Å²) >= 11 is 0. The smallest absolute Gasteiger partial charge is 0.258 e. The van der Waals surface area contributed by atoms with Crippen LogP contribution in [0.5, 0.6) is 0 Å². The number of aromatic nitrogens is 5. The van der Waals surface area contributed by atoms with Crippen LogP contribution in [-0.2, 0) is 0 Å². The number of benzene rings is 2. The lowest BCUT2D eigenvalue weighted by Gasteiger charge is -2.11. The first-order chi connectivity index (χ1) is 12.2. The molecule has 0 radical (unpaired) electrons. The van der Waals surface area contributed by atoms with E-state index in [1.807, 2.05) is 0 Å². The number of hydrogen-bond acceptors (Lipinski definition) is 5. The number of nitrogens with zero attached hydrogens (tertiary/aromatic N) is 5. The molecule has 0 unspecified atom stereocenters. The molecule has 1 amide bonds. The summed E-state index contributed by atoms with van der Waals surface area (Å²) in [5.41, 5.74) is 1.67. The first-order valence-corrected chi connectivity index (χ1v) is 7.40. The van der Waals surface area contributed by atoms with Gasteiger partial charge in [-0.3, -0.25) is 9.78 Å². The highest BCUT2D eigenvalue weighted by Crippen LogP contribution is 2.22. The molecule has 4 aromatic rings. The molecule has 0 aliphatic carbocycles. The average molecular weight is 334 g/mol. The van der Waals surface area contributed by atoms with E-state index < -0.39 is 11.7 Å². The zero-order valence-corrected chi connectivity index (χ0v) is 12.8. The Morgan fingerprint density at radius 1 is 1.12 bits per heavy atom. The van der Waals surface area contributed by atoms with Crippen molar-refractivity contribution < 1.29 is 9.18 Å². The number of nitrogens with one attached hydrogen (secondary N) is 1. The number of carbonyl (C=O) groups excluding carboxylic acids is 1. The molecule has 0 fully saturated rings. The van der Waals surface area contributed by atoms with Gasteiger partial charge in [-0.05, 0) is 40.8 Å². The fourth-order valence-corrected chi connectivity index (χ4v) is 2.57. The van der Waals surface area contributed by atoms with Crippen LogP contribution in [-0.4, -0.2) is 31.1 Å². The van der Waals surface area contributed by atoms with E-state index in [4.69, 9.17) is 0 Å². The first kappa shape index (κ1) is 14.9. The Morgan fingerprint density at radius 3 is 2.84 bits per heavy atom. The number of amides is 1. The maximum atomic E-state index is 13.9. The number of fused-ring (bicyclic) bond motifs is 1. The van der Waals surface area contributed by atoms with E-state index in [1.54, 1.807) is 42.6 Å². The zero-order valence-electron chi connectivity index (χ0n) is 12.8. The summed E-state index contributed by atoms with van der Waals surface area (Å²) < 4.78 is 15.3. The van der Waals surface area contributed by atoms with Crippen molar-refractivity contribution in [3.8, 4) is 5.69 Å². The molecule has 25 heavy (non-hydrogen) atoms. The van der Waals surface area contributed by atoms with E-state index in [0.29, 0.717) is 22.3 Å². The summed E-state index contributed by atoms with van der Waals surface area (Å²) in [5.74, 6) is -0.969. The molecule has 2 aromatic heterocycles. The van der Waals surface area contributed by atoms with Gasteiger partial charge in [0, 0.05) is 11.6 Å². The Kier molecular flexibility index (Phi) is 3.62. The predicted octanol–water partition coefficient (Wildman–Crippen LogP) is 2.60. The molecule has 0 saturated heterocycles. The summed E-state index contributed by atoms with van der Waals surface area (Å²) in [7, 11) is 0. The van der Waals surface area contributed by atoms with Crippen LogP contribution in [0.4, 0.5) is 10.1 Å². The monoisotopic (exact) mass is 334 g/mol. The third-order valence-electron chi connectivity index (χ3n) is 3.66. The van der Waals surface area contributed by atoms with Gasteiger partial charge in [-0.2, -0.15) is 4.68 Å². The highest BCUT2D eigenvalue weighted by Gasteiger charge is 2.15. The summed E-state index contributed by atoms with van der Waals surface area (Å²) in [4.78, 5) is 16.9. The SMILES string of the molecule is O=C(Nc1ccccc1-n1cnnn1)c1cc(F)cc2cccnc12. The number of halogens is 1. The molecule has 8 heteroatoms. The van der Waals surface area contributed by atoms with Crippen molar-refractivity contribution in [3.63, 3.8) is 0 Å². The van der Waals surface area contributed by atoms with Crippen molar-refractivity contribution in [3.05, 3.63) is 72.4 Å². The van der Waals surface area contributed by atoms with Crippen LogP contribution >= 0.6 is 0 Å². The zero-order chi connectivity index (χ0) is 17.2. The lowest BCUT2D eigenvalue weighted by Crippen LogP contribution is -2.15. The van der Waals surface area contributed by atoms with E-state index in [1.165, 1.54) is 23.1 Å². The molecule has 1 N–H and O–H groups in total. The lowest BCUT2D eigenvalue weighted by atomic mass is 10.1.